The molecule has 1 amide bonds. The number of halogens is 2. The van der Waals surface area contributed by atoms with E-state index in [2.05, 4.69) is 5.10 Å². The third-order valence-electron chi connectivity index (χ3n) is 4.68. The number of carbonyl (C=O) groups excluding carboxylic acids is 1. The number of thiophene rings is 1. The molecule has 6 nitrogen and oxygen atoms in total. The van der Waals surface area contributed by atoms with Crippen molar-refractivity contribution in [3.63, 3.8) is 0 Å². The van der Waals surface area contributed by atoms with Crippen LogP contribution in [0.5, 0.6) is 0 Å². The fourth-order valence-corrected chi connectivity index (χ4v) is 4.13. The lowest BCUT2D eigenvalue weighted by Gasteiger charge is -2.13. The van der Waals surface area contributed by atoms with Crippen LogP contribution in [0, 0.1) is 11.6 Å². The molecule has 1 unspecified atom stereocenters. The normalized spacial score (nSPS) is 12.5. The van der Waals surface area contributed by atoms with Gasteiger partial charge in [0.15, 0.2) is 6.04 Å². The summed E-state index contributed by atoms with van der Waals surface area (Å²) in [6, 6.07) is 10.7. The predicted octanol–water partition coefficient (Wildman–Crippen LogP) is 4.32. The Hall–Kier alpha value is -3.85. The fourth-order valence-electron chi connectivity index (χ4n) is 3.31. The molecule has 0 saturated carbocycles. The van der Waals surface area contributed by atoms with Gasteiger partial charge in [0.25, 0.3) is 0 Å². The molecule has 2 heterocycles. The van der Waals surface area contributed by atoms with Crippen LogP contribution in [-0.4, -0.2) is 26.8 Å². The van der Waals surface area contributed by atoms with Crippen LogP contribution in [0.15, 0.2) is 53.9 Å². The van der Waals surface area contributed by atoms with E-state index >= 15 is 4.39 Å². The molecule has 156 valence electrons. The molecule has 1 atom stereocenters. The number of hydrogen-bond donors (Lipinski definition) is 2. The van der Waals surface area contributed by atoms with Gasteiger partial charge in [-0.15, -0.1) is 11.3 Å². The molecular formula is C22H15F2N3O3S. The molecule has 9 heteroatoms. The van der Waals surface area contributed by atoms with E-state index in [9.17, 15) is 19.1 Å². The van der Waals surface area contributed by atoms with E-state index in [4.69, 9.17) is 5.73 Å². The average molecular weight is 439 g/mol. The van der Waals surface area contributed by atoms with Gasteiger partial charge in [0, 0.05) is 4.88 Å². The largest absolute Gasteiger partial charge is 0.478 e. The van der Waals surface area contributed by atoms with Crippen LogP contribution in [0.1, 0.15) is 32.5 Å². The Morgan fingerprint density at radius 1 is 1.13 bits per heavy atom. The number of rotatable bonds is 6. The highest BCUT2D eigenvalue weighted by Gasteiger charge is 2.27. The highest BCUT2D eigenvalue weighted by Crippen LogP contribution is 2.32. The van der Waals surface area contributed by atoms with Crippen LogP contribution >= 0.6 is 11.3 Å². The Balaban J connectivity index is 1.95. The Labute approximate surface area is 178 Å². The first-order valence-corrected chi connectivity index (χ1v) is 9.95. The Bertz CT molecular complexity index is 1330. The molecule has 0 saturated heterocycles. The lowest BCUT2D eigenvalue weighted by atomic mass is 10.1. The van der Waals surface area contributed by atoms with E-state index in [1.165, 1.54) is 52.4 Å². The lowest BCUT2D eigenvalue weighted by Crippen LogP contribution is -2.27. The lowest BCUT2D eigenvalue weighted by molar-refractivity contribution is -0.120. The standard InChI is InChI=1S/C22H15F2N3O3S/c23-13-4-1-3-12(11-13)6-8-15-18-16(9-7-14(19(18)24)22(29)30)27(26-15)20(21(25)28)17-5-2-10-31-17/h1-11,20H,(H2,25,28)(H,29,30)/b8-6+. The van der Waals surface area contributed by atoms with Gasteiger partial charge < -0.3 is 10.8 Å². The summed E-state index contributed by atoms with van der Waals surface area (Å²) >= 11 is 1.29. The number of amides is 1. The molecular weight excluding hydrogens is 424 g/mol. The summed E-state index contributed by atoms with van der Waals surface area (Å²) in [6.07, 6.45) is 2.96. The van der Waals surface area contributed by atoms with E-state index in [1.807, 2.05) is 0 Å². The summed E-state index contributed by atoms with van der Waals surface area (Å²) in [6.45, 7) is 0. The topological polar surface area (TPSA) is 98.2 Å². The maximum absolute atomic E-state index is 15.1. The van der Waals surface area contributed by atoms with Crippen LogP contribution in [0.4, 0.5) is 8.78 Å². The molecule has 0 bridgehead atoms. The molecule has 0 aliphatic rings. The van der Waals surface area contributed by atoms with Crippen molar-refractivity contribution in [3.8, 4) is 0 Å². The van der Waals surface area contributed by atoms with Gasteiger partial charge in [0.1, 0.15) is 11.6 Å². The van der Waals surface area contributed by atoms with Gasteiger partial charge in [-0.1, -0.05) is 24.3 Å². The smallest absolute Gasteiger partial charge is 0.338 e. The highest BCUT2D eigenvalue weighted by molar-refractivity contribution is 7.10. The van der Waals surface area contributed by atoms with Gasteiger partial charge >= 0.3 is 5.97 Å². The number of aromatic carboxylic acids is 1. The molecule has 3 N–H and O–H groups in total. The minimum atomic E-state index is -1.43. The fraction of sp³-hybridized carbons (Fsp3) is 0.0455. The Morgan fingerprint density at radius 2 is 1.94 bits per heavy atom. The molecule has 0 radical (unpaired) electrons. The molecule has 0 aliphatic heterocycles. The van der Waals surface area contributed by atoms with Gasteiger partial charge in [-0.25, -0.2) is 18.3 Å². The first kappa shape index (κ1) is 20.4. The van der Waals surface area contributed by atoms with Crippen molar-refractivity contribution in [1.29, 1.82) is 0 Å². The van der Waals surface area contributed by atoms with Crippen molar-refractivity contribution in [1.82, 2.24) is 9.78 Å². The van der Waals surface area contributed by atoms with Crippen molar-refractivity contribution in [2.45, 2.75) is 6.04 Å². The minimum Gasteiger partial charge on any atom is -0.478 e. The van der Waals surface area contributed by atoms with Crippen molar-refractivity contribution >= 4 is 46.3 Å². The van der Waals surface area contributed by atoms with Crippen molar-refractivity contribution < 1.29 is 23.5 Å². The van der Waals surface area contributed by atoms with Crippen LogP contribution < -0.4 is 5.73 Å². The number of nitrogens with two attached hydrogens (primary N) is 1. The second-order valence-corrected chi connectivity index (χ2v) is 7.64. The van der Waals surface area contributed by atoms with E-state index in [-0.39, 0.29) is 16.6 Å². The van der Waals surface area contributed by atoms with E-state index in [0.29, 0.717) is 10.4 Å². The number of carboxylic acid groups (broad SMARTS) is 1. The number of nitrogens with zero attached hydrogens (tertiary/aromatic N) is 2. The predicted molar refractivity (Wildman–Crippen MR) is 114 cm³/mol. The molecule has 0 aliphatic carbocycles. The summed E-state index contributed by atoms with van der Waals surface area (Å²) < 4.78 is 29.9. The van der Waals surface area contributed by atoms with Gasteiger partial charge in [-0.3, -0.25) is 4.79 Å². The molecule has 2 aromatic carbocycles. The molecule has 31 heavy (non-hydrogen) atoms. The first-order valence-electron chi connectivity index (χ1n) is 9.07. The third kappa shape index (κ3) is 3.82. The minimum absolute atomic E-state index is 0.0737. The summed E-state index contributed by atoms with van der Waals surface area (Å²) in [5.74, 6) is -3.56. The van der Waals surface area contributed by atoms with Crippen molar-refractivity contribution in [3.05, 3.63) is 87.2 Å². The first-order chi connectivity index (χ1) is 14.9. The number of carboxylic acids is 1. The number of aromatic nitrogens is 2. The zero-order valence-electron chi connectivity index (χ0n) is 15.8. The molecule has 0 spiro atoms. The Morgan fingerprint density at radius 3 is 2.58 bits per heavy atom. The Kier molecular flexibility index (Phi) is 5.35. The van der Waals surface area contributed by atoms with Crippen LogP contribution in [0.25, 0.3) is 23.1 Å². The average Bonchev–Trinajstić information content (AvgIpc) is 3.36. The quantitative estimate of drug-likeness (QED) is 0.468. The van der Waals surface area contributed by atoms with Crippen molar-refractivity contribution in [2.24, 2.45) is 5.73 Å². The maximum Gasteiger partial charge on any atom is 0.338 e. The maximum atomic E-state index is 15.1. The summed E-state index contributed by atoms with van der Waals surface area (Å²) in [5, 5.41) is 15.4. The van der Waals surface area contributed by atoms with Crippen LogP contribution in [0.2, 0.25) is 0 Å². The molecule has 2 aromatic heterocycles. The van der Waals surface area contributed by atoms with Gasteiger partial charge in [0.05, 0.1) is 22.2 Å². The van der Waals surface area contributed by atoms with Gasteiger partial charge in [0.2, 0.25) is 5.91 Å². The second-order valence-electron chi connectivity index (χ2n) is 6.66. The number of benzene rings is 2. The zero-order valence-corrected chi connectivity index (χ0v) is 16.6. The molecule has 4 aromatic rings. The number of hydrogen-bond acceptors (Lipinski definition) is 4. The number of primary amides is 1. The number of carbonyl (C=O) groups is 2. The van der Waals surface area contributed by atoms with Gasteiger partial charge in [-0.2, -0.15) is 5.10 Å². The van der Waals surface area contributed by atoms with Crippen LogP contribution in [0.3, 0.4) is 0 Å². The molecule has 0 fully saturated rings. The molecule has 4 rings (SSSR count). The van der Waals surface area contributed by atoms with E-state index in [1.54, 1.807) is 23.6 Å². The SMILES string of the molecule is NC(=O)C(c1cccs1)n1nc(/C=C/c2cccc(F)c2)c2c(F)c(C(=O)O)ccc21. The third-order valence-corrected chi connectivity index (χ3v) is 5.60. The van der Waals surface area contributed by atoms with Crippen LogP contribution in [-0.2, 0) is 4.79 Å². The van der Waals surface area contributed by atoms with E-state index in [0.717, 1.165) is 6.07 Å². The summed E-state index contributed by atoms with van der Waals surface area (Å²) in [7, 11) is 0. The summed E-state index contributed by atoms with van der Waals surface area (Å²) in [5.41, 5.74) is 5.88. The summed E-state index contributed by atoms with van der Waals surface area (Å²) in [4.78, 5) is 24.3. The zero-order chi connectivity index (χ0) is 22.1. The highest BCUT2D eigenvalue weighted by atomic mass is 32.1. The monoisotopic (exact) mass is 439 g/mol. The van der Waals surface area contributed by atoms with Gasteiger partial charge in [-0.05, 0) is 47.4 Å². The van der Waals surface area contributed by atoms with Crippen molar-refractivity contribution in [2.75, 3.05) is 0 Å². The number of fused-ring (bicyclic) bond motifs is 1. The second kappa shape index (κ2) is 8.11. The van der Waals surface area contributed by atoms with E-state index < -0.39 is 35.1 Å².